The van der Waals surface area contributed by atoms with Crippen LogP contribution in [-0.2, 0) is 6.42 Å². The molecule has 0 saturated carbocycles. The molecule has 3 rings (SSSR count). The Morgan fingerprint density at radius 3 is 2.16 bits per heavy atom. The number of aryl methyl sites for hydroxylation is 1. The zero-order valence-electron chi connectivity index (χ0n) is 18.3. The van der Waals surface area contributed by atoms with Crippen molar-refractivity contribution >= 4 is 17.2 Å². The van der Waals surface area contributed by atoms with Crippen LogP contribution in [0.15, 0.2) is 36.4 Å². The van der Waals surface area contributed by atoms with Crippen LogP contribution in [0.1, 0.15) is 20.9 Å². The van der Waals surface area contributed by atoms with Crippen LogP contribution in [0.3, 0.4) is 0 Å². The second-order valence-corrected chi connectivity index (χ2v) is 7.76. The largest absolute Gasteiger partial charge is 0.497 e. The minimum atomic E-state index is -0.211. The molecule has 1 N–H and O–H groups in total. The van der Waals surface area contributed by atoms with Crippen molar-refractivity contribution in [3.8, 4) is 33.6 Å². The lowest BCUT2D eigenvalue weighted by molar-refractivity contribution is 0.0953. The molecule has 0 aliphatic heterocycles. The number of nitrogens with zero attached hydrogens (tertiary/aromatic N) is 1. The molecule has 0 aliphatic rings. The fourth-order valence-electron chi connectivity index (χ4n) is 3.12. The van der Waals surface area contributed by atoms with Crippen LogP contribution in [-0.4, -0.2) is 45.9 Å². The number of hydrogen-bond acceptors (Lipinski definition) is 7. The number of methoxy groups -OCH3 is 4. The summed E-state index contributed by atoms with van der Waals surface area (Å²) in [6, 6.07) is 11.1. The van der Waals surface area contributed by atoms with Crippen molar-refractivity contribution in [1.29, 1.82) is 0 Å². The number of nitrogens with one attached hydrogen (secondary N) is 1. The smallest absolute Gasteiger partial charge is 0.251 e. The molecule has 7 nitrogen and oxygen atoms in total. The molecule has 0 radical (unpaired) electrons. The van der Waals surface area contributed by atoms with Crippen molar-refractivity contribution in [3.05, 3.63) is 52.5 Å². The van der Waals surface area contributed by atoms with Crippen LogP contribution in [0.4, 0.5) is 0 Å². The molecule has 0 fully saturated rings. The fraction of sp³-hybridized carbons (Fsp3) is 0.304. The van der Waals surface area contributed by atoms with Gasteiger partial charge in [-0.25, -0.2) is 4.98 Å². The highest BCUT2D eigenvalue weighted by atomic mass is 32.1. The maximum absolute atomic E-state index is 12.7. The minimum Gasteiger partial charge on any atom is -0.497 e. The van der Waals surface area contributed by atoms with Gasteiger partial charge in [-0.05, 0) is 43.3 Å². The first kappa shape index (κ1) is 22.4. The molecule has 0 bridgehead atoms. The van der Waals surface area contributed by atoms with E-state index in [4.69, 9.17) is 18.9 Å². The zero-order chi connectivity index (χ0) is 22.4. The van der Waals surface area contributed by atoms with Crippen molar-refractivity contribution in [2.45, 2.75) is 13.3 Å². The van der Waals surface area contributed by atoms with E-state index in [0.29, 0.717) is 35.8 Å². The van der Waals surface area contributed by atoms with Gasteiger partial charge in [0.25, 0.3) is 5.91 Å². The van der Waals surface area contributed by atoms with E-state index in [1.165, 1.54) is 21.3 Å². The molecule has 2 aromatic carbocycles. The lowest BCUT2D eigenvalue weighted by Crippen LogP contribution is -2.25. The Morgan fingerprint density at radius 2 is 1.61 bits per heavy atom. The number of benzene rings is 2. The third kappa shape index (κ3) is 5.08. The molecule has 1 heterocycles. The first-order valence-corrected chi connectivity index (χ1v) is 10.5. The number of carbonyl (C=O) groups excluding carboxylic acids is 1. The molecule has 31 heavy (non-hydrogen) atoms. The standard InChI is InChI=1S/C23H26N2O5S/c1-14-20(31-23(25-14)15-6-8-17(27-2)9-7-15)10-11-24-22(26)16-12-18(28-3)21(30-5)19(13-16)29-4/h6-9,12-13H,10-11H2,1-5H3,(H,24,26). The van der Waals surface area contributed by atoms with Crippen molar-refractivity contribution < 1.29 is 23.7 Å². The zero-order valence-corrected chi connectivity index (χ0v) is 19.1. The van der Waals surface area contributed by atoms with E-state index in [1.54, 1.807) is 30.6 Å². The van der Waals surface area contributed by atoms with Gasteiger partial charge in [-0.2, -0.15) is 0 Å². The van der Waals surface area contributed by atoms with E-state index >= 15 is 0 Å². The summed E-state index contributed by atoms with van der Waals surface area (Å²) in [6.45, 7) is 2.47. The van der Waals surface area contributed by atoms with E-state index in [0.717, 1.165) is 26.9 Å². The summed E-state index contributed by atoms with van der Waals surface area (Å²) in [7, 11) is 6.21. The molecular weight excluding hydrogens is 416 g/mol. The summed E-state index contributed by atoms with van der Waals surface area (Å²) < 4.78 is 21.1. The van der Waals surface area contributed by atoms with E-state index in [2.05, 4.69) is 10.3 Å². The van der Waals surface area contributed by atoms with Gasteiger partial charge in [-0.15, -0.1) is 11.3 Å². The fourth-order valence-corrected chi connectivity index (χ4v) is 4.19. The summed E-state index contributed by atoms with van der Waals surface area (Å²) in [6.07, 6.45) is 0.690. The second kappa shape index (κ2) is 10.2. The van der Waals surface area contributed by atoms with Crippen LogP contribution in [0, 0.1) is 6.92 Å². The van der Waals surface area contributed by atoms with Crippen molar-refractivity contribution in [3.63, 3.8) is 0 Å². The molecule has 1 aromatic heterocycles. The number of thiazole rings is 1. The molecule has 3 aromatic rings. The summed E-state index contributed by atoms with van der Waals surface area (Å²) in [5, 5.41) is 3.90. The summed E-state index contributed by atoms with van der Waals surface area (Å²) in [5.74, 6) is 1.93. The molecule has 0 saturated heterocycles. The number of amides is 1. The first-order chi connectivity index (χ1) is 15.0. The van der Waals surface area contributed by atoms with Gasteiger partial charge in [0.15, 0.2) is 11.5 Å². The Morgan fingerprint density at radius 1 is 0.968 bits per heavy atom. The Kier molecular flexibility index (Phi) is 7.36. The number of hydrogen-bond donors (Lipinski definition) is 1. The molecule has 0 atom stereocenters. The molecular formula is C23H26N2O5S. The van der Waals surface area contributed by atoms with E-state index < -0.39 is 0 Å². The first-order valence-electron chi connectivity index (χ1n) is 9.69. The lowest BCUT2D eigenvalue weighted by atomic mass is 10.1. The number of aromatic nitrogens is 1. The van der Waals surface area contributed by atoms with Gasteiger partial charge < -0.3 is 24.3 Å². The summed E-state index contributed by atoms with van der Waals surface area (Å²) >= 11 is 1.63. The molecule has 8 heteroatoms. The van der Waals surface area contributed by atoms with Crippen molar-refractivity contribution in [2.75, 3.05) is 35.0 Å². The van der Waals surface area contributed by atoms with Crippen molar-refractivity contribution in [2.24, 2.45) is 0 Å². The predicted molar refractivity (Wildman–Crippen MR) is 121 cm³/mol. The molecule has 0 spiro atoms. The molecule has 164 valence electrons. The van der Waals surface area contributed by atoms with Crippen LogP contribution in [0.5, 0.6) is 23.0 Å². The van der Waals surface area contributed by atoms with E-state index in [1.807, 2.05) is 31.2 Å². The summed E-state index contributed by atoms with van der Waals surface area (Å²) in [5.41, 5.74) is 2.45. The minimum absolute atomic E-state index is 0.211. The van der Waals surface area contributed by atoms with E-state index in [-0.39, 0.29) is 5.91 Å². The average molecular weight is 443 g/mol. The number of ether oxygens (including phenoxy) is 4. The second-order valence-electron chi connectivity index (χ2n) is 6.68. The van der Waals surface area contributed by atoms with Crippen molar-refractivity contribution in [1.82, 2.24) is 10.3 Å². The highest BCUT2D eigenvalue weighted by molar-refractivity contribution is 7.15. The van der Waals surface area contributed by atoms with Crippen LogP contribution in [0.25, 0.3) is 10.6 Å². The van der Waals surface area contributed by atoms with Crippen LogP contribution < -0.4 is 24.3 Å². The predicted octanol–water partition coefficient (Wildman–Crippen LogP) is 4.13. The number of rotatable bonds is 9. The maximum Gasteiger partial charge on any atom is 0.251 e. The van der Waals surface area contributed by atoms with Gasteiger partial charge in [-0.3, -0.25) is 4.79 Å². The monoisotopic (exact) mass is 442 g/mol. The van der Waals surface area contributed by atoms with Gasteiger partial charge >= 0.3 is 0 Å². The Bertz CT molecular complexity index is 1020. The number of carbonyl (C=O) groups is 1. The SMILES string of the molecule is COc1ccc(-c2nc(C)c(CCNC(=O)c3cc(OC)c(OC)c(OC)c3)s2)cc1. The van der Waals surface area contributed by atoms with Gasteiger partial charge in [0.05, 0.1) is 34.1 Å². The normalized spacial score (nSPS) is 10.5. The lowest BCUT2D eigenvalue weighted by Gasteiger charge is -2.14. The van der Waals surface area contributed by atoms with Crippen LogP contribution in [0.2, 0.25) is 0 Å². The van der Waals surface area contributed by atoms with E-state index in [9.17, 15) is 4.79 Å². The molecule has 0 unspecified atom stereocenters. The third-order valence-corrected chi connectivity index (χ3v) is 6.06. The summed E-state index contributed by atoms with van der Waals surface area (Å²) in [4.78, 5) is 18.5. The topological polar surface area (TPSA) is 78.9 Å². The maximum atomic E-state index is 12.7. The molecule has 1 amide bonds. The quantitative estimate of drug-likeness (QED) is 0.537. The van der Waals surface area contributed by atoms with Gasteiger partial charge in [-0.1, -0.05) is 0 Å². The van der Waals surface area contributed by atoms with Gasteiger partial charge in [0.2, 0.25) is 5.75 Å². The Balaban J connectivity index is 1.66. The molecule has 0 aliphatic carbocycles. The Hall–Kier alpha value is -3.26. The van der Waals surface area contributed by atoms with Gasteiger partial charge in [0, 0.05) is 29.0 Å². The van der Waals surface area contributed by atoms with Crippen LogP contribution >= 0.6 is 11.3 Å². The Labute approximate surface area is 185 Å². The average Bonchev–Trinajstić information content (AvgIpc) is 3.18. The highest BCUT2D eigenvalue weighted by Crippen LogP contribution is 2.38. The third-order valence-electron chi connectivity index (χ3n) is 4.79. The highest BCUT2D eigenvalue weighted by Gasteiger charge is 2.17. The van der Waals surface area contributed by atoms with Gasteiger partial charge in [0.1, 0.15) is 10.8 Å².